The van der Waals surface area contributed by atoms with Crippen LogP contribution in [0.1, 0.15) is 23.6 Å². The summed E-state index contributed by atoms with van der Waals surface area (Å²) < 4.78 is 1.69. The van der Waals surface area contributed by atoms with Gasteiger partial charge < -0.3 is 10.2 Å². The predicted molar refractivity (Wildman–Crippen MR) is 119 cm³/mol. The summed E-state index contributed by atoms with van der Waals surface area (Å²) in [5, 5.41) is 8.87. The largest absolute Gasteiger partial charge is 0.381 e. The first-order chi connectivity index (χ1) is 14.1. The molecule has 0 radical (unpaired) electrons. The third-order valence-electron chi connectivity index (χ3n) is 5.32. The summed E-state index contributed by atoms with van der Waals surface area (Å²) in [6.45, 7) is 8.07. The maximum absolute atomic E-state index is 4.79. The minimum absolute atomic E-state index is 0.578. The van der Waals surface area contributed by atoms with E-state index < -0.39 is 0 Å². The molecule has 2 heterocycles. The van der Waals surface area contributed by atoms with E-state index in [0.717, 1.165) is 35.5 Å². The van der Waals surface area contributed by atoms with Gasteiger partial charge in [0.15, 0.2) is 0 Å². The molecule has 6 heteroatoms. The molecule has 0 aliphatic rings. The zero-order chi connectivity index (χ0) is 20.4. The van der Waals surface area contributed by atoms with Crippen molar-refractivity contribution in [3.8, 4) is 5.95 Å². The van der Waals surface area contributed by atoms with Crippen LogP contribution in [0, 0.1) is 13.8 Å². The first-order valence-corrected chi connectivity index (χ1v) is 9.88. The summed E-state index contributed by atoms with van der Waals surface area (Å²) in [6, 6.07) is 14.5. The number of aromatic nitrogens is 4. The Morgan fingerprint density at radius 3 is 2.52 bits per heavy atom. The summed E-state index contributed by atoms with van der Waals surface area (Å²) in [4.78, 5) is 11.6. The maximum Gasteiger partial charge on any atom is 0.253 e. The Morgan fingerprint density at radius 1 is 1.03 bits per heavy atom. The molecule has 0 unspecified atom stereocenters. The molecule has 0 saturated heterocycles. The molecule has 29 heavy (non-hydrogen) atoms. The van der Waals surface area contributed by atoms with Crippen molar-refractivity contribution in [1.29, 1.82) is 0 Å². The molecule has 2 aromatic heterocycles. The van der Waals surface area contributed by atoms with Gasteiger partial charge in [0.1, 0.15) is 5.82 Å². The van der Waals surface area contributed by atoms with Crippen molar-refractivity contribution in [2.75, 3.05) is 23.8 Å². The molecule has 0 aliphatic carbocycles. The quantitative estimate of drug-likeness (QED) is 0.529. The summed E-state index contributed by atoms with van der Waals surface area (Å²) in [5.74, 6) is 1.48. The molecule has 0 amide bonds. The molecule has 0 fully saturated rings. The molecule has 4 rings (SSSR count). The molecule has 2 aromatic carbocycles. The van der Waals surface area contributed by atoms with Crippen LogP contribution < -0.4 is 10.2 Å². The highest BCUT2D eigenvalue weighted by atomic mass is 15.3. The highest BCUT2D eigenvalue weighted by molar-refractivity contribution is 5.92. The van der Waals surface area contributed by atoms with Gasteiger partial charge in [-0.3, -0.25) is 0 Å². The van der Waals surface area contributed by atoms with E-state index in [-0.39, 0.29) is 0 Å². The fourth-order valence-electron chi connectivity index (χ4n) is 3.46. The van der Waals surface area contributed by atoms with E-state index in [1.807, 2.05) is 25.4 Å². The van der Waals surface area contributed by atoms with E-state index in [4.69, 9.17) is 9.97 Å². The first-order valence-electron chi connectivity index (χ1n) is 9.88. The lowest BCUT2D eigenvalue weighted by atomic mass is 10.0. The lowest BCUT2D eigenvalue weighted by Gasteiger charge is -2.19. The molecule has 0 aliphatic heterocycles. The fourth-order valence-corrected chi connectivity index (χ4v) is 3.46. The van der Waals surface area contributed by atoms with Crippen molar-refractivity contribution in [3.63, 3.8) is 0 Å². The van der Waals surface area contributed by atoms with Crippen LogP contribution in [0.15, 0.2) is 54.9 Å². The molecule has 6 nitrogen and oxygen atoms in total. The van der Waals surface area contributed by atoms with Crippen LogP contribution in [0.5, 0.6) is 0 Å². The molecular weight excluding hydrogens is 360 g/mol. The van der Waals surface area contributed by atoms with Gasteiger partial charge in [0.05, 0.1) is 5.52 Å². The van der Waals surface area contributed by atoms with Crippen LogP contribution in [-0.2, 0) is 6.54 Å². The number of rotatable bonds is 6. The maximum atomic E-state index is 4.79. The van der Waals surface area contributed by atoms with Gasteiger partial charge in [0.2, 0.25) is 0 Å². The topological polar surface area (TPSA) is 58.9 Å². The van der Waals surface area contributed by atoms with Crippen molar-refractivity contribution in [2.24, 2.45) is 0 Å². The Morgan fingerprint density at radius 2 is 1.83 bits per heavy atom. The van der Waals surface area contributed by atoms with Gasteiger partial charge in [-0.15, -0.1) is 0 Å². The first kappa shape index (κ1) is 18.9. The van der Waals surface area contributed by atoms with Gasteiger partial charge >= 0.3 is 0 Å². The lowest BCUT2D eigenvalue weighted by Crippen LogP contribution is -2.19. The number of anilines is 2. The van der Waals surface area contributed by atoms with Gasteiger partial charge in [-0.25, -0.2) is 9.67 Å². The van der Waals surface area contributed by atoms with E-state index >= 15 is 0 Å². The molecule has 0 spiro atoms. The van der Waals surface area contributed by atoms with Crippen LogP contribution in [0.2, 0.25) is 0 Å². The molecule has 4 aromatic rings. The Kier molecular flexibility index (Phi) is 5.16. The van der Waals surface area contributed by atoms with Gasteiger partial charge in [0.25, 0.3) is 5.95 Å². The second-order valence-corrected chi connectivity index (χ2v) is 7.27. The standard InChI is InChI=1S/C23H26N6/c1-5-28(4)22-19-14-18(24-15-20-16(2)8-6-9-17(20)3)10-11-21(19)26-23(27-22)29-13-7-12-25-29/h6-14,24H,5,15H2,1-4H3. The molecule has 1 N–H and O–H groups in total. The average molecular weight is 387 g/mol. The number of hydrogen-bond acceptors (Lipinski definition) is 5. The Bertz CT molecular complexity index is 1110. The highest BCUT2D eigenvalue weighted by Crippen LogP contribution is 2.27. The van der Waals surface area contributed by atoms with Crippen LogP contribution in [0.25, 0.3) is 16.9 Å². The number of nitrogens with one attached hydrogen (secondary N) is 1. The van der Waals surface area contributed by atoms with E-state index in [2.05, 4.69) is 66.4 Å². The Labute approximate surface area is 171 Å². The van der Waals surface area contributed by atoms with Crippen molar-refractivity contribution in [2.45, 2.75) is 27.3 Å². The molecule has 0 atom stereocenters. The third kappa shape index (κ3) is 3.78. The minimum atomic E-state index is 0.578. The molecular formula is C23H26N6. The second kappa shape index (κ2) is 7.91. The van der Waals surface area contributed by atoms with Gasteiger partial charge in [-0.05, 0) is 61.7 Å². The minimum Gasteiger partial charge on any atom is -0.381 e. The van der Waals surface area contributed by atoms with E-state index in [0.29, 0.717) is 5.95 Å². The van der Waals surface area contributed by atoms with Crippen molar-refractivity contribution in [1.82, 2.24) is 19.7 Å². The number of hydrogen-bond donors (Lipinski definition) is 1. The second-order valence-electron chi connectivity index (χ2n) is 7.27. The molecule has 0 bridgehead atoms. The smallest absolute Gasteiger partial charge is 0.253 e. The number of fused-ring (bicyclic) bond motifs is 1. The molecule has 148 valence electrons. The monoisotopic (exact) mass is 386 g/mol. The Hall–Kier alpha value is -3.41. The lowest BCUT2D eigenvalue weighted by molar-refractivity contribution is 0.807. The van der Waals surface area contributed by atoms with Crippen molar-refractivity contribution in [3.05, 3.63) is 71.5 Å². The SMILES string of the molecule is CCN(C)c1nc(-n2cccn2)nc2ccc(NCc3c(C)cccc3C)cc12. The van der Waals surface area contributed by atoms with Gasteiger partial charge in [-0.1, -0.05) is 18.2 Å². The van der Waals surface area contributed by atoms with E-state index in [1.165, 1.54) is 16.7 Å². The number of nitrogens with zero attached hydrogens (tertiary/aromatic N) is 5. The van der Waals surface area contributed by atoms with Crippen LogP contribution in [0.3, 0.4) is 0 Å². The third-order valence-corrected chi connectivity index (χ3v) is 5.32. The average Bonchev–Trinajstić information content (AvgIpc) is 3.27. The van der Waals surface area contributed by atoms with Crippen molar-refractivity contribution >= 4 is 22.4 Å². The highest BCUT2D eigenvalue weighted by Gasteiger charge is 2.13. The number of aryl methyl sites for hydroxylation is 2. The molecule has 0 saturated carbocycles. The van der Waals surface area contributed by atoms with E-state index in [1.54, 1.807) is 10.9 Å². The fraction of sp³-hybridized carbons (Fsp3) is 0.261. The zero-order valence-corrected chi connectivity index (χ0v) is 17.3. The summed E-state index contributed by atoms with van der Waals surface area (Å²) >= 11 is 0. The number of benzene rings is 2. The van der Waals surface area contributed by atoms with Crippen molar-refractivity contribution < 1.29 is 0 Å². The summed E-state index contributed by atoms with van der Waals surface area (Å²) in [6.07, 6.45) is 3.59. The van der Waals surface area contributed by atoms with Gasteiger partial charge in [-0.2, -0.15) is 10.1 Å². The Balaban J connectivity index is 1.72. The zero-order valence-electron chi connectivity index (χ0n) is 17.3. The van der Waals surface area contributed by atoms with Crippen LogP contribution >= 0.6 is 0 Å². The normalized spacial score (nSPS) is 11.0. The summed E-state index contributed by atoms with van der Waals surface area (Å²) in [7, 11) is 2.05. The van der Waals surface area contributed by atoms with Crippen LogP contribution in [0.4, 0.5) is 11.5 Å². The summed E-state index contributed by atoms with van der Waals surface area (Å²) in [5.41, 5.74) is 5.90. The predicted octanol–water partition coefficient (Wildman–Crippen LogP) is 4.50. The van der Waals surface area contributed by atoms with Gasteiger partial charge in [0, 0.05) is 43.6 Å². The van der Waals surface area contributed by atoms with E-state index in [9.17, 15) is 0 Å². The van der Waals surface area contributed by atoms with Crippen LogP contribution in [-0.4, -0.2) is 33.3 Å².